The Kier molecular flexibility index (Phi) is 5.82. The predicted octanol–water partition coefficient (Wildman–Crippen LogP) is 3.92. The van der Waals surface area contributed by atoms with E-state index in [1.54, 1.807) is 6.07 Å². The largest absolute Gasteiger partial charge is 0.349 e. The normalized spacial score (nSPS) is 17.2. The quantitative estimate of drug-likeness (QED) is 0.895. The van der Waals surface area contributed by atoms with Crippen molar-refractivity contribution < 1.29 is 9.18 Å². The first-order chi connectivity index (χ1) is 12.1. The fraction of sp³-hybridized carbons (Fsp3) is 0.381. The second-order valence-electron chi connectivity index (χ2n) is 6.78. The fourth-order valence-corrected chi connectivity index (χ4v) is 3.38. The molecule has 1 atom stereocenters. The fourth-order valence-electron chi connectivity index (χ4n) is 3.38. The number of benzene rings is 2. The van der Waals surface area contributed by atoms with Crippen LogP contribution in [0.2, 0.25) is 0 Å². The van der Waals surface area contributed by atoms with Gasteiger partial charge in [0, 0.05) is 18.0 Å². The summed E-state index contributed by atoms with van der Waals surface area (Å²) in [5, 5.41) is 3.12. The number of piperidine rings is 1. The van der Waals surface area contributed by atoms with Gasteiger partial charge in [0.1, 0.15) is 5.82 Å². The van der Waals surface area contributed by atoms with Crippen LogP contribution in [0.3, 0.4) is 0 Å². The van der Waals surface area contributed by atoms with Crippen LogP contribution in [0.4, 0.5) is 4.39 Å². The highest BCUT2D eigenvalue weighted by atomic mass is 19.1. The van der Waals surface area contributed by atoms with Gasteiger partial charge in [0.15, 0.2) is 0 Å². The molecule has 132 valence electrons. The Labute approximate surface area is 148 Å². The van der Waals surface area contributed by atoms with Gasteiger partial charge in [-0.2, -0.15) is 0 Å². The molecule has 0 unspecified atom stereocenters. The minimum Gasteiger partial charge on any atom is -0.349 e. The lowest BCUT2D eigenvalue weighted by Crippen LogP contribution is -2.41. The van der Waals surface area contributed by atoms with Gasteiger partial charge in [-0.25, -0.2) is 4.39 Å². The number of hydrogen-bond donors (Lipinski definition) is 1. The van der Waals surface area contributed by atoms with Crippen LogP contribution in [-0.4, -0.2) is 23.9 Å². The van der Waals surface area contributed by atoms with Crippen molar-refractivity contribution in [1.82, 2.24) is 10.2 Å². The molecular weight excluding hydrogens is 315 g/mol. The Morgan fingerprint density at radius 2 is 1.76 bits per heavy atom. The average Bonchev–Trinajstić information content (AvgIpc) is 2.65. The van der Waals surface area contributed by atoms with Gasteiger partial charge in [0.25, 0.3) is 0 Å². The molecule has 2 aromatic rings. The molecule has 1 heterocycles. The van der Waals surface area contributed by atoms with Gasteiger partial charge in [-0.3, -0.25) is 9.69 Å². The lowest BCUT2D eigenvalue weighted by atomic mass is 9.95. The summed E-state index contributed by atoms with van der Waals surface area (Å²) in [6.45, 7) is 4.28. The van der Waals surface area contributed by atoms with Crippen LogP contribution in [0.5, 0.6) is 0 Å². The van der Waals surface area contributed by atoms with E-state index in [0.29, 0.717) is 6.54 Å². The second kappa shape index (κ2) is 8.26. The van der Waals surface area contributed by atoms with E-state index in [0.717, 1.165) is 37.1 Å². The first-order valence-corrected chi connectivity index (χ1v) is 8.94. The van der Waals surface area contributed by atoms with Crippen molar-refractivity contribution in [2.75, 3.05) is 13.1 Å². The summed E-state index contributed by atoms with van der Waals surface area (Å²) in [4.78, 5) is 14.7. The first kappa shape index (κ1) is 17.6. The van der Waals surface area contributed by atoms with Crippen LogP contribution in [0, 0.1) is 11.7 Å². The lowest BCUT2D eigenvalue weighted by Gasteiger charge is -2.32. The molecule has 0 aromatic heterocycles. The highest BCUT2D eigenvalue weighted by Crippen LogP contribution is 2.21. The van der Waals surface area contributed by atoms with Crippen molar-refractivity contribution >= 4 is 5.91 Å². The predicted molar refractivity (Wildman–Crippen MR) is 97.4 cm³/mol. The van der Waals surface area contributed by atoms with Gasteiger partial charge in [-0.05, 0) is 44.5 Å². The van der Waals surface area contributed by atoms with E-state index in [2.05, 4.69) is 10.2 Å². The molecule has 4 heteroatoms. The summed E-state index contributed by atoms with van der Waals surface area (Å²) in [6, 6.07) is 16.9. The van der Waals surface area contributed by atoms with E-state index < -0.39 is 0 Å². The average molecular weight is 340 g/mol. The molecule has 0 radical (unpaired) electrons. The minimum absolute atomic E-state index is 0.0187. The zero-order valence-corrected chi connectivity index (χ0v) is 14.6. The molecule has 3 rings (SSSR count). The monoisotopic (exact) mass is 340 g/mol. The smallest absolute Gasteiger partial charge is 0.223 e. The lowest BCUT2D eigenvalue weighted by molar-refractivity contribution is -0.127. The molecule has 1 saturated heterocycles. The topological polar surface area (TPSA) is 32.3 Å². The summed E-state index contributed by atoms with van der Waals surface area (Å²) in [5.74, 6) is 0.0176. The molecule has 3 nitrogen and oxygen atoms in total. The molecule has 25 heavy (non-hydrogen) atoms. The van der Waals surface area contributed by atoms with Crippen molar-refractivity contribution in [3.63, 3.8) is 0 Å². The molecule has 1 amide bonds. The second-order valence-corrected chi connectivity index (χ2v) is 6.78. The summed E-state index contributed by atoms with van der Waals surface area (Å²) >= 11 is 0. The third-order valence-electron chi connectivity index (χ3n) is 4.97. The molecule has 1 aliphatic heterocycles. The van der Waals surface area contributed by atoms with Crippen LogP contribution in [0.1, 0.15) is 36.9 Å². The molecule has 0 aliphatic carbocycles. The zero-order valence-electron chi connectivity index (χ0n) is 14.6. The maximum absolute atomic E-state index is 13.8. The number of halogens is 1. The van der Waals surface area contributed by atoms with E-state index in [4.69, 9.17) is 0 Å². The molecular formula is C21H25FN2O. The highest BCUT2D eigenvalue weighted by molar-refractivity contribution is 5.79. The number of amides is 1. The number of likely N-dealkylation sites (tertiary alicyclic amines) is 1. The minimum atomic E-state index is -0.154. The van der Waals surface area contributed by atoms with Gasteiger partial charge in [-0.1, -0.05) is 48.5 Å². The number of nitrogens with zero attached hydrogens (tertiary/aromatic N) is 1. The number of nitrogens with one attached hydrogen (secondary N) is 1. The van der Waals surface area contributed by atoms with E-state index in [1.165, 1.54) is 6.07 Å². The van der Waals surface area contributed by atoms with Gasteiger partial charge in [0.2, 0.25) is 5.91 Å². The van der Waals surface area contributed by atoms with Crippen LogP contribution in [0.15, 0.2) is 54.6 Å². The Balaban J connectivity index is 1.48. The molecule has 0 saturated carbocycles. The van der Waals surface area contributed by atoms with E-state index in [9.17, 15) is 9.18 Å². The SMILES string of the molecule is C[C@@H](NC(=O)C1CCN(Cc2ccccc2F)CC1)c1ccccc1. The van der Waals surface area contributed by atoms with Crippen molar-refractivity contribution in [3.05, 3.63) is 71.5 Å². The first-order valence-electron chi connectivity index (χ1n) is 8.94. The summed E-state index contributed by atoms with van der Waals surface area (Å²) in [6.07, 6.45) is 1.64. The third kappa shape index (κ3) is 4.67. The van der Waals surface area contributed by atoms with Gasteiger partial charge in [-0.15, -0.1) is 0 Å². The van der Waals surface area contributed by atoms with Gasteiger partial charge >= 0.3 is 0 Å². The Morgan fingerprint density at radius 1 is 1.12 bits per heavy atom. The molecule has 1 N–H and O–H groups in total. The van der Waals surface area contributed by atoms with Gasteiger partial charge in [0.05, 0.1) is 6.04 Å². The molecule has 2 aromatic carbocycles. The maximum Gasteiger partial charge on any atom is 0.223 e. The van der Waals surface area contributed by atoms with Crippen LogP contribution in [0.25, 0.3) is 0 Å². The van der Waals surface area contributed by atoms with Crippen molar-refractivity contribution in [3.8, 4) is 0 Å². The number of carbonyl (C=O) groups excluding carboxylic acids is 1. The Hall–Kier alpha value is -2.20. The van der Waals surface area contributed by atoms with E-state index >= 15 is 0 Å². The highest BCUT2D eigenvalue weighted by Gasteiger charge is 2.26. The number of hydrogen-bond acceptors (Lipinski definition) is 2. The van der Waals surface area contributed by atoms with Crippen LogP contribution < -0.4 is 5.32 Å². The zero-order chi connectivity index (χ0) is 17.6. The molecule has 0 spiro atoms. The van der Waals surface area contributed by atoms with Crippen LogP contribution >= 0.6 is 0 Å². The van der Waals surface area contributed by atoms with E-state index in [-0.39, 0.29) is 23.7 Å². The molecule has 0 bridgehead atoms. The number of carbonyl (C=O) groups is 1. The Bertz CT molecular complexity index is 696. The van der Waals surface area contributed by atoms with Gasteiger partial charge < -0.3 is 5.32 Å². The maximum atomic E-state index is 13.8. The Morgan fingerprint density at radius 3 is 2.44 bits per heavy atom. The molecule has 1 aliphatic rings. The van der Waals surface area contributed by atoms with E-state index in [1.807, 2.05) is 49.4 Å². The summed E-state index contributed by atoms with van der Waals surface area (Å²) < 4.78 is 13.8. The van der Waals surface area contributed by atoms with Crippen molar-refractivity contribution in [2.45, 2.75) is 32.4 Å². The van der Waals surface area contributed by atoms with Crippen molar-refractivity contribution in [1.29, 1.82) is 0 Å². The third-order valence-corrected chi connectivity index (χ3v) is 4.97. The standard InChI is InChI=1S/C21H25FN2O/c1-16(17-7-3-2-4-8-17)23-21(25)18-11-13-24(14-12-18)15-19-9-5-6-10-20(19)22/h2-10,16,18H,11-15H2,1H3,(H,23,25)/t16-/m1/s1. The summed E-state index contributed by atoms with van der Waals surface area (Å²) in [5.41, 5.74) is 1.84. The summed E-state index contributed by atoms with van der Waals surface area (Å²) in [7, 11) is 0. The number of rotatable bonds is 5. The van der Waals surface area contributed by atoms with Crippen LogP contribution in [-0.2, 0) is 11.3 Å². The van der Waals surface area contributed by atoms with Crippen molar-refractivity contribution in [2.24, 2.45) is 5.92 Å². The molecule has 1 fully saturated rings.